The SMILES string of the molecule is CCCCc1ccc(C#Cc2ccc3c(F)c(F)c(F)cc3c2)c(F)c1. The Kier molecular flexibility index (Phi) is 5.27. The molecule has 0 unspecified atom stereocenters. The molecule has 0 nitrogen and oxygen atoms in total. The van der Waals surface area contributed by atoms with Crippen molar-refractivity contribution in [3.05, 3.63) is 82.4 Å². The molecule has 3 rings (SSSR count). The second kappa shape index (κ2) is 7.61. The lowest BCUT2D eigenvalue weighted by atomic mass is 10.0. The van der Waals surface area contributed by atoms with Gasteiger partial charge in [-0.15, -0.1) is 0 Å². The van der Waals surface area contributed by atoms with Crippen LogP contribution < -0.4 is 0 Å². The monoisotopic (exact) mass is 356 g/mol. The standard InChI is InChI=1S/C22H16F4/c1-2-3-4-14-5-8-16(19(23)12-14)9-6-15-7-10-18-17(11-15)13-20(24)22(26)21(18)25/h5,7-8,10-13H,2-4H2,1H3. The van der Waals surface area contributed by atoms with E-state index in [1.807, 2.05) is 6.07 Å². The van der Waals surface area contributed by atoms with E-state index in [4.69, 9.17) is 0 Å². The lowest BCUT2D eigenvalue weighted by Crippen LogP contribution is -1.92. The Labute approximate surface area is 149 Å². The topological polar surface area (TPSA) is 0 Å². The number of benzene rings is 3. The van der Waals surface area contributed by atoms with Gasteiger partial charge in [-0.25, -0.2) is 17.6 Å². The number of halogens is 4. The van der Waals surface area contributed by atoms with Crippen molar-refractivity contribution in [3.8, 4) is 11.8 Å². The molecule has 3 aromatic rings. The Balaban J connectivity index is 1.91. The van der Waals surface area contributed by atoms with Gasteiger partial charge in [0.05, 0.1) is 5.56 Å². The summed E-state index contributed by atoms with van der Waals surface area (Å²) < 4.78 is 54.5. The first-order valence-electron chi connectivity index (χ1n) is 8.37. The van der Waals surface area contributed by atoms with Crippen LogP contribution in [-0.2, 0) is 6.42 Å². The summed E-state index contributed by atoms with van der Waals surface area (Å²) in [6.45, 7) is 2.08. The Bertz CT molecular complexity index is 1030. The molecule has 0 aliphatic carbocycles. The van der Waals surface area contributed by atoms with Gasteiger partial charge in [0.1, 0.15) is 5.82 Å². The van der Waals surface area contributed by atoms with E-state index in [0.717, 1.165) is 30.9 Å². The van der Waals surface area contributed by atoms with Crippen LogP contribution in [0.5, 0.6) is 0 Å². The van der Waals surface area contributed by atoms with Crippen LogP contribution in [0.3, 0.4) is 0 Å². The van der Waals surface area contributed by atoms with Gasteiger partial charge in [-0.3, -0.25) is 0 Å². The maximum Gasteiger partial charge on any atom is 0.195 e. The molecular weight excluding hydrogens is 340 g/mol. The molecule has 0 aliphatic heterocycles. The Hall–Kier alpha value is -2.80. The maximum absolute atomic E-state index is 14.1. The van der Waals surface area contributed by atoms with E-state index >= 15 is 0 Å². The lowest BCUT2D eigenvalue weighted by Gasteiger charge is -2.03. The summed E-state index contributed by atoms with van der Waals surface area (Å²) in [4.78, 5) is 0. The van der Waals surface area contributed by atoms with Crippen LogP contribution >= 0.6 is 0 Å². The van der Waals surface area contributed by atoms with Gasteiger partial charge in [0, 0.05) is 10.9 Å². The minimum absolute atomic E-state index is 0.0269. The smallest absolute Gasteiger partial charge is 0.195 e. The molecule has 0 spiro atoms. The van der Waals surface area contributed by atoms with Crippen molar-refractivity contribution >= 4 is 10.8 Å². The molecule has 0 bridgehead atoms. The molecule has 0 amide bonds. The summed E-state index contributed by atoms with van der Waals surface area (Å²) in [5.41, 5.74) is 1.63. The van der Waals surface area contributed by atoms with Gasteiger partial charge in [0.15, 0.2) is 17.5 Å². The average molecular weight is 356 g/mol. The summed E-state index contributed by atoms with van der Waals surface area (Å²) >= 11 is 0. The fraction of sp³-hybridized carbons (Fsp3) is 0.182. The molecule has 4 heteroatoms. The third-order valence-corrected chi connectivity index (χ3v) is 4.17. The molecule has 0 N–H and O–H groups in total. The van der Waals surface area contributed by atoms with E-state index in [2.05, 4.69) is 18.8 Å². The van der Waals surface area contributed by atoms with Crippen LogP contribution in [0.25, 0.3) is 10.8 Å². The molecule has 0 radical (unpaired) electrons. The molecule has 0 fully saturated rings. The van der Waals surface area contributed by atoms with Crippen molar-refractivity contribution in [2.75, 3.05) is 0 Å². The zero-order valence-corrected chi connectivity index (χ0v) is 14.2. The summed E-state index contributed by atoms with van der Waals surface area (Å²) in [6.07, 6.45) is 2.85. The van der Waals surface area contributed by atoms with Crippen LogP contribution in [-0.4, -0.2) is 0 Å². The third kappa shape index (κ3) is 3.72. The number of hydrogen-bond donors (Lipinski definition) is 0. The summed E-state index contributed by atoms with van der Waals surface area (Å²) in [5.74, 6) is 1.13. The van der Waals surface area contributed by atoms with E-state index in [-0.39, 0.29) is 16.3 Å². The molecule has 0 aromatic heterocycles. The van der Waals surface area contributed by atoms with E-state index in [9.17, 15) is 17.6 Å². The number of unbranched alkanes of at least 4 members (excludes halogenated alkanes) is 1. The summed E-state index contributed by atoms with van der Waals surface area (Å²) in [6, 6.07) is 10.1. The van der Waals surface area contributed by atoms with E-state index in [1.165, 1.54) is 24.3 Å². The number of hydrogen-bond acceptors (Lipinski definition) is 0. The van der Waals surface area contributed by atoms with Crippen LogP contribution in [0.1, 0.15) is 36.5 Å². The summed E-state index contributed by atoms with van der Waals surface area (Å²) in [7, 11) is 0. The molecule has 0 heterocycles. The van der Waals surface area contributed by atoms with Crippen molar-refractivity contribution in [2.24, 2.45) is 0 Å². The van der Waals surface area contributed by atoms with Gasteiger partial charge in [0.2, 0.25) is 0 Å². The highest BCUT2D eigenvalue weighted by Gasteiger charge is 2.13. The first-order chi connectivity index (χ1) is 12.5. The minimum atomic E-state index is -1.50. The highest BCUT2D eigenvalue weighted by Crippen LogP contribution is 2.24. The molecular formula is C22H16F4. The largest absolute Gasteiger partial charge is 0.206 e. The highest BCUT2D eigenvalue weighted by atomic mass is 19.2. The fourth-order valence-corrected chi connectivity index (χ4v) is 2.72. The summed E-state index contributed by atoms with van der Waals surface area (Å²) in [5, 5.41) is 0.171. The first-order valence-corrected chi connectivity index (χ1v) is 8.37. The number of fused-ring (bicyclic) bond motifs is 1. The van der Waals surface area contributed by atoms with Crippen LogP contribution in [0.2, 0.25) is 0 Å². The molecule has 0 aliphatic rings. The zero-order valence-electron chi connectivity index (χ0n) is 14.2. The van der Waals surface area contributed by atoms with Crippen molar-refractivity contribution in [3.63, 3.8) is 0 Å². The Morgan fingerprint density at radius 2 is 1.62 bits per heavy atom. The number of rotatable bonds is 3. The molecule has 132 valence electrons. The lowest BCUT2D eigenvalue weighted by molar-refractivity contribution is 0.453. The fourth-order valence-electron chi connectivity index (χ4n) is 2.72. The first kappa shape index (κ1) is 18.0. The van der Waals surface area contributed by atoms with E-state index in [0.29, 0.717) is 5.56 Å². The van der Waals surface area contributed by atoms with Crippen LogP contribution in [0.4, 0.5) is 17.6 Å². The number of aryl methyl sites for hydroxylation is 1. The zero-order chi connectivity index (χ0) is 18.7. The Morgan fingerprint density at radius 1 is 0.808 bits per heavy atom. The van der Waals surface area contributed by atoms with Gasteiger partial charge < -0.3 is 0 Å². The van der Waals surface area contributed by atoms with Crippen molar-refractivity contribution in [2.45, 2.75) is 26.2 Å². The molecule has 0 atom stereocenters. The van der Waals surface area contributed by atoms with Gasteiger partial charge in [-0.05, 0) is 54.1 Å². The maximum atomic E-state index is 14.1. The van der Waals surface area contributed by atoms with Gasteiger partial charge in [0.25, 0.3) is 0 Å². The van der Waals surface area contributed by atoms with Crippen LogP contribution in [0, 0.1) is 35.1 Å². The van der Waals surface area contributed by atoms with Crippen molar-refractivity contribution < 1.29 is 17.6 Å². The third-order valence-electron chi connectivity index (χ3n) is 4.17. The van der Waals surface area contributed by atoms with Gasteiger partial charge >= 0.3 is 0 Å². The molecule has 0 saturated carbocycles. The predicted molar refractivity (Wildman–Crippen MR) is 94.8 cm³/mol. The highest BCUT2D eigenvalue weighted by molar-refractivity contribution is 5.84. The van der Waals surface area contributed by atoms with E-state index in [1.54, 1.807) is 6.07 Å². The van der Waals surface area contributed by atoms with Crippen LogP contribution in [0.15, 0.2) is 42.5 Å². The normalized spacial score (nSPS) is 10.7. The molecule has 0 saturated heterocycles. The minimum Gasteiger partial charge on any atom is -0.206 e. The Morgan fingerprint density at radius 3 is 2.35 bits per heavy atom. The molecule has 3 aromatic carbocycles. The quantitative estimate of drug-likeness (QED) is 0.300. The second-order valence-electron chi connectivity index (χ2n) is 6.09. The molecule has 26 heavy (non-hydrogen) atoms. The van der Waals surface area contributed by atoms with Crippen molar-refractivity contribution in [1.29, 1.82) is 0 Å². The van der Waals surface area contributed by atoms with Crippen molar-refractivity contribution in [1.82, 2.24) is 0 Å². The van der Waals surface area contributed by atoms with Gasteiger partial charge in [-0.1, -0.05) is 37.3 Å². The van der Waals surface area contributed by atoms with E-state index < -0.39 is 23.3 Å². The predicted octanol–water partition coefficient (Wildman–Crippen LogP) is 6.14. The average Bonchev–Trinajstić information content (AvgIpc) is 2.63. The van der Waals surface area contributed by atoms with Gasteiger partial charge in [-0.2, -0.15) is 0 Å². The second-order valence-corrected chi connectivity index (χ2v) is 6.09.